The summed E-state index contributed by atoms with van der Waals surface area (Å²) in [6, 6.07) is -0.604. The molecule has 6 heteroatoms. The molecule has 1 atom stereocenters. The fourth-order valence-electron chi connectivity index (χ4n) is 0.872. The van der Waals surface area contributed by atoms with Gasteiger partial charge < -0.3 is 5.73 Å². The number of alkyl halides is 3. The molecule has 0 saturated carbocycles. The lowest BCUT2D eigenvalue weighted by molar-refractivity contribution is -0.136. The van der Waals surface area contributed by atoms with E-state index in [9.17, 15) is 13.2 Å². The van der Waals surface area contributed by atoms with E-state index < -0.39 is 18.6 Å². The number of nitrogens with two attached hydrogens (primary N) is 1. The molecular formula is C7H9F3N2S. The summed E-state index contributed by atoms with van der Waals surface area (Å²) >= 11 is 1.33. The molecule has 0 aliphatic carbocycles. The Bertz CT molecular complexity index is 245. The van der Waals surface area contributed by atoms with Gasteiger partial charge in [-0.15, -0.1) is 11.3 Å². The minimum absolute atomic E-state index is 0.104. The van der Waals surface area contributed by atoms with Crippen molar-refractivity contribution in [2.24, 2.45) is 5.73 Å². The molecule has 0 radical (unpaired) electrons. The number of rotatable bonds is 3. The summed E-state index contributed by atoms with van der Waals surface area (Å²) in [7, 11) is 0. The summed E-state index contributed by atoms with van der Waals surface area (Å²) in [5, 5.41) is 1.67. The molecule has 1 rings (SSSR count). The van der Waals surface area contributed by atoms with Gasteiger partial charge in [0.1, 0.15) is 0 Å². The second kappa shape index (κ2) is 4.06. The third kappa shape index (κ3) is 3.73. The first kappa shape index (κ1) is 10.5. The van der Waals surface area contributed by atoms with Gasteiger partial charge in [-0.05, 0) is 6.42 Å². The molecule has 0 amide bonds. The number of halogens is 3. The number of hydrogen-bond donors (Lipinski definition) is 1. The summed E-state index contributed by atoms with van der Waals surface area (Å²) in [5.74, 6) is 0. The first-order valence-electron chi connectivity index (χ1n) is 3.69. The Morgan fingerprint density at radius 3 is 2.69 bits per heavy atom. The number of hydrogen-bond acceptors (Lipinski definition) is 3. The van der Waals surface area contributed by atoms with E-state index in [0.29, 0.717) is 5.69 Å². The van der Waals surface area contributed by atoms with Crippen LogP contribution in [0.2, 0.25) is 0 Å². The summed E-state index contributed by atoms with van der Waals surface area (Å²) in [6.07, 6.45) is -5.09. The van der Waals surface area contributed by atoms with Crippen molar-refractivity contribution in [2.45, 2.75) is 25.1 Å². The topological polar surface area (TPSA) is 38.9 Å². The van der Waals surface area contributed by atoms with E-state index in [0.717, 1.165) is 0 Å². The average molecular weight is 210 g/mol. The van der Waals surface area contributed by atoms with Crippen molar-refractivity contribution in [3.63, 3.8) is 0 Å². The zero-order chi connectivity index (χ0) is 9.90. The standard InChI is InChI=1S/C7H9F3N2S/c8-7(9,10)2-1-5(11)6-3-13-4-12-6/h3-5H,1-2,11H2. The predicted molar refractivity (Wildman–Crippen MR) is 44.3 cm³/mol. The van der Waals surface area contributed by atoms with Crippen LogP contribution in [-0.4, -0.2) is 11.2 Å². The summed E-state index contributed by atoms with van der Waals surface area (Å²) in [5.41, 5.74) is 7.59. The van der Waals surface area contributed by atoms with Gasteiger partial charge in [-0.3, -0.25) is 0 Å². The summed E-state index contributed by atoms with van der Waals surface area (Å²) in [4.78, 5) is 3.84. The summed E-state index contributed by atoms with van der Waals surface area (Å²) in [6.45, 7) is 0. The Labute approximate surface area is 77.6 Å². The van der Waals surface area contributed by atoms with Gasteiger partial charge in [0.2, 0.25) is 0 Å². The summed E-state index contributed by atoms with van der Waals surface area (Å²) < 4.78 is 35.4. The maximum atomic E-state index is 11.8. The van der Waals surface area contributed by atoms with Crippen LogP contribution in [0, 0.1) is 0 Å². The zero-order valence-electron chi connectivity index (χ0n) is 6.71. The van der Waals surface area contributed by atoms with Gasteiger partial charge in [0.05, 0.1) is 11.2 Å². The molecule has 1 aromatic heterocycles. The van der Waals surface area contributed by atoms with Crippen LogP contribution in [0.4, 0.5) is 13.2 Å². The van der Waals surface area contributed by atoms with Crippen molar-refractivity contribution in [1.29, 1.82) is 0 Å². The molecule has 0 aromatic carbocycles. The molecule has 0 fully saturated rings. The minimum Gasteiger partial charge on any atom is -0.323 e. The van der Waals surface area contributed by atoms with Crippen molar-refractivity contribution < 1.29 is 13.2 Å². The monoisotopic (exact) mass is 210 g/mol. The van der Waals surface area contributed by atoms with E-state index in [4.69, 9.17) is 5.73 Å². The van der Waals surface area contributed by atoms with Crippen molar-refractivity contribution in [1.82, 2.24) is 4.98 Å². The van der Waals surface area contributed by atoms with Crippen molar-refractivity contribution in [2.75, 3.05) is 0 Å². The van der Waals surface area contributed by atoms with Crippen LogP contribution < -0.4 is 5.73 Å². The lowest BCUT2D eigenvalue weighted by Gasteiger charge is -2.10. The Hall–Kier alpha value is -0.620. The predicted octanol–water partition coefficient (Wildman–Crippen LogP) is 2.49. The molecule has 13 heavy (non-hydrogen) atoms. The second-order valence-electron chi connectivity index (χ2n) is 2.67. The van der Waals surface area contributed by atoms with E-state index in [1.165, 1.54) is 11.3 Å². The smallest absolute Gasteiger partial charge is 0.323 e. The highest BCUT2D eigenvalue weighted by Gasteiger charge is 2.28. The van der Waals surface area contributed by atoms with Crippen LogP contribution in [0.5, 0.6) is 0 Å². The van der Waals surface area contributed by atoms with E-state index in [2.05, 4.69) is 4.98 Å². The Morgan fingerprint density at radius 1 is 1.54 bits per heavy atom. The second-order valence-corrected chi connectivity index (χ2v) is 3.39. The third-order valence-corrected chi connectivity index (χ3v) is 2.17. The highest BCUT2D eigenvalue weighted by Crippen LogP contribution is 2.25. The van der Waals surface area contributed by atoms with Gasteiger partial charge in [-0.25, -0.2) is 4.98 Å². The van der Waals surface area contributed by atoms with Crippen LogP contribution in [0.25, 0.3) is 0 Å². The van der Waals surface area contributed by atoms with E-state index >= 15 is 0 Å². The zero-order valence-corrected chi connectivity index (χ0v) is 7.53. The number of nitrogens with zero attached hydrogens (tertiary/aromatic N) is 1. The van der Waals surface area contributed by atoms with Gasteiger partial charge in [-0.1, -0.05) is 0 Å². The van der Waals surface area contributed by atoms with Gasteiger partial charge in [0, 0.05) is 17.8 Å². The molecule has 2 N–H and O–H groups in total. The maximum Gasteiger partial charge on any atom is 0.389 e. The largest absolute Gasteiger partial charge is 0.389 e. The molecule has 74 valence electrons. The van der Waals surface area contributed by atoms with Crippen molar-refractivity contribution >= 4 is 11.3 Å². The lowest BCUT2D eigenvalue weighted by atomic mass is 10.1. The van der Waals surface area contributed by atoms with Crippen LogP contribution >= 0.6 is 11.3 Å². The third-order valence-electron chi connectivity index (χ3n) is 1.57. The van der Waals surface area contributed by atoms with Crippen LogP contribution in [0.3, 0.4) is 0 Å². The van der Waals surface area contributed by atoms with Crippen LogP contribution in [-0.2, 0) is 0 Å². The average Bonchev–Trinajstić information content (AvgIpc) is 2.50. The molecular weight excluding hydrogens is 201 g/mol. The molecule has 0 saturated heterocycles. The first-order chi connectivity index (χ1) is 5.99. The minimum atomic E-state index is -4.13. The molecule has 0 aliphatic rings. The molecule has 0 bridgehead atoms. The fraction of sp³-hybridized carbons (Fsp3) is 0.571. The number of aromatic nitrogens is 1. The van der Waals surface area contributed by atoms with Gasteiger partial charge >= 0.3 is 6.18 Å². The quantitative estimate of drug-likeness (QED) is 0.832. The van der Waals surface area contributed by atoms with Gasteiger partial charge in [0.15, 0.2) is 0 Å². The van der Waals surface area contributed by atoms with Gasteiger partial charge in [0.25, 0.3) is 0 Å². The molecule has 1 heterocycles. The van der Waals surface area contributed by atoms with E-state index in [-0.39, 0.29) is 6.42 Å². The Morgan fingerprint density at radius 2 is 2.23 bits per heavy atom. The van der Waals surface area contributed by atoms with E-state index in [1.54, 1.807) is 10.9 Å². The van der Waals surface area contributed by atoms with Crippen molar-refractivity contribution in [3.8, 4) is 0 Å². The lowest BCUT2D eigenvalue weighted by Crippen LogP contribution is -2.15. The van der Waals surface area contributed by atoms with Crippen molar-refractivity contribution in [3.05, 3.63) is 16.6 Å². The molecule has 0 aliphatic heterocycles. The molecule has 1 aromatic rings. The Balaban J connectivity index is 2.39. The Kier molecular flexibility index (Phi) is 3.27. The maximum absolute atomic E-state index is 11.8. The normalized spacial score (nSPS) is 14.5. The van der Waals surface area contributed by atoms with Crippen LogP contribution in [0.1, 0.15) is 24.6 Å². The van der Waals surface area contributed by atoms with E-state index in [1.807, 2.05) is 0 Å². The fourth-order valence-corrected chi connectivity index (χ4v) is 1.49. The SMILES string of the molecule is NC(CCC(F)(F)F)c1cscn1. The molecule has 0 spiro atoms. The highest BCUT2D eigenvalue weighted by atomic mass is 32.1. The number of thiazole rings is 1. The van der Waals surface area contributed by atoms with Gasteiger partial charge in [-0.2, -0.15) is 13.2 Å². The highest BCUT2D eigenvalue weighted by molar-refractivity contribution is 7.07. The van der Waals surface area contributed by atoms with Crippen LogP contribution in [0.15, 0.2) is 10.9 Å². The molecule has 1 unspecified atom stereocenters. The first-order valence-corrected chi connectivity index (χ1v) is 4.64. The molecule has 2 nitrogen and oxygen atoms in total.